The molecule has 3 aromatic carbocycles. The van der Waals surface area contributed by atoms with Crippen molar-refractivity contribution >= 4 is 11.4 Å². The van der Waals surface area contributed by atoms with Crippen LogP contribution in [0.25, 0.3) is 16.9 Å². The minimum atomic E-state index is 0. The molecule has 40 heavy (non-hydrogen) atoms. The first kappa shape index (κ1) is 29.7. The maximum Gasteiger partial charge on any atom is 2.00 e. The summed E-state index contributed by atoms with van der Waals surface area (Å²) >= 11 is 0. The van der Waals surface area contributed by atoms with E-state index in [-0.39, 0.29) is 26.8 Å². The number of aryl methyl sites for hydroxylation is 1. The van der Waals surface area contributed by atoms with Crippen molar-refractivity contribution in [1.82, 2.24) is 9.78 Å². The number of nitrogens with zero attached hydrogens (tertiary/aromatic N) is 4. The first-order valence-corrected chi connectivity index (χ1v) is 13.8. The monoisotopic (exact) mass is 713 g/mol. The van der Waals surface area contributed by atoms with Gasteiger partial charge >= 0.3 is 21.1 Å². The Morgan fingerprint density at radius 1 is 0.800 bits per heavy atom. The van der Waals surface area contributed by atoms with Gasteiger partial charge in [-0.3, -0.25) is 0 Å². The van der Waals surface area contributed by atoms with E-state index in [1.807, 2.05) is 43.3 Å². The second kappa shape index (κ2) is 12.1. The van der Waals surface area contributed by atoms with Crippen LogP contribution in [0.1, 0.15) is 81.7 Å². The molecule has 0 radical (unpaired) electrons. The number of hydrogen-bond acceptors (Lipinski definition) is 4. The van der Waals surface area contributed by atoms with Crippen molar-refractivity contribution < 1.29 is 26.2 Å². The summed E-state index contributed by atoms with van der Waals surface area (Å²) in [4.78, 5) is 4.37. The summed E-state index contributed by atoms with van der Waals surface area (Å²) < 4.78 is 1.77. The van der Waals surface area contributed by atoms with Crippen molar-refractivity contribution in [1.29, 1.82) is 0 Å². The van der Waals surface area contributed by atoms with Gasteiger partial charge < -0.3 is 14.9 Å². The molecule has 0 spiro atoms. The van der Waals surface area contributed by atoms with Crippen LogP contribution >= 0.6 is 0 Å². The van der Waals surface area contributed by atoms with Gasteiger partial charge in [0.2, 0.25) is 0 Å². The van der Waals surface area contributed by atoms with Crippen LogP contribution < -0.4 is 9.80 Å². The Morgan fingerprint density at radius 3 is 2.08 bits per heavy atom. The topological polar surface area (TPSA) is 44.5 Å². The fourth-order valence-electron chi connectivity index (χ4n) is 5.10. The van der Waals surface area contributed by atoms with Crippen molar-refractivity contribution in [2.24, 2.45) is 0 Å². The fraction of sp³-hybridized carbons (Fsp3) is 0.294. The smallest absolute Gasteiger partial charge is 0.506 e. The molecule has 0 saturated carbocycles. The minimum absolute atomic E-state index is 0. The van der Waals surface area contributed by atoms with E-state index in [4.69, 9.17) is 5.10 Å². The van der Waals surface area contributed by atoms with Gasteiger partial charge in [-0.05, 0) is 65.9 Å². The maximum absolute atomic E-state index is 10.3. The Morgan fingerprint density at radius 2 is 1.45 bits per heavy atom. The van der Waals surface area contributed by atoms with Gasteiger partial charge in [0.05, 0.1) is 0 Å². The van der Waals surface area contributed by atoms with Crippen molar-refractivity contribution in [3.8, 4) is 22.7 Å². The van der Waals surface area contributed by atoms with Crippen molar-refractivity contribution in [3.63, 3.8) is 0 Å². The average Bonchev–Trinajstić information content (AvgIpc) is 3.55. The molecular weight excluding hydrogens is 675 g/mol. The zero-order chi connectivity index (χ0) is 27.8. The summed E-state index contributed by atoms with van der Waals surface area (Å²) in [5, 5.41) is 15.1. The summed E-state index contributed by atoms with van der Waals surface area (Å²) in [5.41, 5.74) is 9.67. The zero-order valence-electron chi connectivity index (χ0n) is 24.3. The van der Waals surface area contributed by atoms with Gasteiger partial charge in [0.1, 0.15) is 11.4 Å². The second-order valence-corrected chi connectivity index (χ2v) is 11.3. The van der Waals surface area contributed by atoms with Gasteiger partial charge in [0.15, 0.2) is 0 Å². The van der Waals surface area contributed by atoms with E-state index in [0.717, 1.165) is 22.6 Å². The van der Waals surface area contributed by atoms with Gasteiger partial charge in [-0.2, -0.15) is 0 Å². The van der Waals surface area contributed by atoms with Crippen LogP contribution in [0.3, 0.4) is 0 Å². The summed E-state index contributed by atoms with van der Waals surface area (Å²) in [6.07, 6.45) is 4.23. The summed E-state index contributed by atoms with van der Waals surface area (Å²) in [5.74, 6) is 1.50. The number of rotatable bonds is 7. The number of aromatic nitrogens is 2. The second-order valence-electron chi connectivity index (χ2n) is 11.3. The minimum Gasteiger partial charge on any atom is -0.506 e. The standard InChI is InChI=1S/C34H38N4O.Pt/c1-22(2)27-19-29(23(3)4)34(30(20-27)24(5)6)37-16-15-36(21-37)28-12-10-11-26(18-28)31-17-25(7)38(35-31)32-13-8-9-14-33(32)39;/h8-17,19-24,39H,1-7H3;/q-2;+2. The van der Waals surface area contributed by atoms with E-state index in [9.17, 15) is 5.11 Å². The number of phenolic OH excluding ortho intramolecular Hbond substituents is 1. The van der Waals surface area contributed by atoms with Crippen LogP contribution in [0.5, 0.6) is 5.75 Å². The zero-order valence-corrected chi connectivity index (χ0v) is 26.6. The van der Waals surface area contributed by atoms with E-state index in [2.05, 4.69) is 94.7 Å². The number of benzene rings is 3. The van der Waals surface area contributed by atoms with Crippen LogP contribution in [0.4, 0.5) is 11.4 Å². The van der Waals surface area contributed by atoms with Crippen LogP contribution in [-0.4, -0.2) is 14.9 Å². The van der Waals surface area contributed by atoms with Gasteiger partial charge in [0, 0.05) is 17.1 Å². The molecule has 0 amide bonds. The summed E-state index contributed by atoms with van der Waals surface area (Å²) in [7, 11) is 0. The predicted octanol–water partition coefficient (Wildman–Crippen LogP) is 8.64. The molecule has 0 saturated heterocycles. The van der Waals surface area contributed by atoms with Gasteiger partial charge in [-0.1, -0.05) is 77.6 Å². The maximum atomic E-state index is 10.3. The third kappa shape index (κ3) is 5.76. The van der Waals surface area contributed by atoms with E-state index in [1.54, 1.807) is 10.7 Å². The van der Waals surface area contributed by atoms with E-state index in [0.29, 0.717) is 23.4 Å². The molecule has 6 heteroatoms. The van der Waals surface area contributed by atoms with Gasteiger partial charge in [-0.15, -0.1) is 36.5 Å². The molecule has 0 atom stereocenters. The Bertz CT molecular complexity index is 1490. The Hall–Kier alpha value is -3.30. The Labute approximate surface area is 253 Å². The third-order valence-corrected chi connectivity index (χ3v) is 7.33. The first-order chi connectivity index (χ1) is 18.6. The molecular formula is C34H38N4OPt. The fourth-order valence-corrected chi connectivity index (χ4v) is 5.10. The van der Waals surface area contributed by atoms with E-state index in [1.165, 1.54) is 22.4 Å². The number of phenols is 1. The Balaban J connectivity index is 0.00000370. The van der Waals surface area contributed by atoms with Crippen LogP contribution in [0.2, 0.25) is 0 Å². The molecule has 4 aromatic rings. The average molecular weight is 714 g/mol. The number of hydrogen-bond donors (Lipinski definition) is 1. The number of anilines is 2. The van der Waals surface area contributed by atoms with E-state index >= 15 is 0 Å². The van der Waals surface area contributed by atoms with Crippen LogP contribution in [-0.2, 0) is 21.1 Å². The molecule has 0 aliphatic carbocycles. The van der Waals surface area contributed by atoms with Crippen LogP contribution in [0, 0.1) is 19.7 Å². The van der Waals surface area contributed by atoms with Crippen molar-refractivity contribution in [2.75, 3.05) is 9.80 Å². The third-order valence-electron chi connectivity index (χ3n) is 7.33. The number of para-hydroxylation sites is 2. The normalized spacial score (nSPS) is 13.2. The van der Waals surface area contributed by atoms with Gasteiger partial charge in [-0.25, -0.2) is 9.78 Å². The molecule has 210 valence electrons. The molecule has 2 heterocycles. The van der Waals surface area contributed by atoms with Gasteiger partial charge in [0.25, 0.3) is 0 Å². The van der Waals surface area contributed by atoms with Crippen molar-refractivity contribution in [2.45, 2.75) is 66.2 Å². The van der Waals surface area contributed by atoms with Crippen molar-refractivity contribution in [3.05, 3.63) is 108 Å². The summed E-state index contributed by atoms with van der Waals surface area (Å²) in [6.45, 7) is 17.8. The molecule has 1 aliphatic heterocycles. The molecule has 0 bridgehead atoms. The summed E-state index contributed by atoms with van der Waals surface area (Å²) in [6, 6.07) is 23.7. The quantitative estimate of drug-likeness (QED) is 0.195. The Kier molecular flexibility index (Phi) is 8.95. The predicted molar refractivity (Wildman–Crippen MR) is 161 cm³/mol. The molecule has 1 aromatic heterocycles. The first-order valence-electron chi connectivity index (χ1n) is 13.8. The molecule has 0 fully saturated rings. The molecule has 1 aliphatic rings. The number of aromatic hydroxyl groups is 1. The molecule has 0 unspecified atom stereocenters. The van der Waals surface area contributed by atoms with E-state index < -0.39 is 0 Å². The molecule has 5 nitrogen and oxygen atoms in total. The molecule has 5 rings (SSSR count). The largest absolute Gasteiger partial charge is 2.00 e. The van der Waals surface area contributed by atoms with Crippen LogP contribution in [0.15, 0.2) is 73.1 Å². The SMILES string of the molecule is Cc1cc(-c2[c-]c(N3C=CN(c4c(C(C)C)cc(C(C)C)cc4C(C)C)[CH-]3)ccc2)nn1-c1ccccc1O.[Pt+2]. The molecule has 1 N–H and O–H groups in total.